The molecule has 5 rings (SSSR count). The summed E-state index contributed by atoms with van der Waals surface area (Å²) in [7, 11) is 0. The van der Waals surface area contributed by atoms with Gasteiger partial charge in [0.2, 0.25) is 5.91 Å². The third-order valence-corrected chi connectivity index (χ3v) is 6.79. The fraction of sp³-hybridized carbons (Fsp3) is 0.947. The molecule has 1 N–H and O–H groups in total. The minimum atomic E-state index is 0.250. The van der Waals surface area contributed by atoms with Crippen LogP contribution in [0.1, 0.15) is 51.9 Å². The summed E-state index contributed by atoms with van der Waals surface area (Å²) in [4.78, 5) is 14.9. The third-order valence-electron chi connectivity index (χ3n) is 6.79. The number of amides is 1. The lowest BCUT2D eigenvalue weighted by Gasteiger charge is -2.54. The van der Waals surface area contributed by atoms with Gasteiger partial charge in [0, 0.05) is 19.2 Å². The molecular weight excluding hydrogens is 288 g/mol. The second kappa shape index (κ2) is 6.72. The van der Waals surface area contributed by atoms with Crippen LogP contribution in [0.2, 0.25) is 0 Å². The minimum Gasteiger partial charge on any atom is -0.377 e. The molecule has 1 amide bonds. The molecule has 4 saturated carbocycles. The summed E-state index contributed by atoms with van der Waals surface area (Å²) in [5, 5.41) is 3.43. The molecule has 130 valence electrons. The molecule has 5 aliphatic rings. The van der Waals surface area contributed by atoms with Crippen molar-refractivity contribution < 1.29 is 9.53 Å². The number of likely N-dealkylation sites (tertiary alicyclic amines) is 1. The van der Waals surface area contributed by atoms with E-state index in [1.54, 1.807) is 0 Å². The normalized spacial score (nSPS) is 42.8. The summed E-state index contributed by atoms with van der Waals surface area (Å²) in [5.74, 6) is 3.74. The van der Waals surface area contributed by atoms with Gasteiger partial charge >= 0.3 is 0 Å². The lowest BCUT2D eigenvalue weighted by Crippen LogP contribution is -2.57. The molecule has 4 heteroatoms. The summed E-state index contributed by atoms with van der Waals surface area (Å²) in [6.07, 6.45) is 9.56. The van der Waals surface area contributed by atoms with E-state index in [2.05, 4.69) is 17.1 Å². The number of nitrogens with zero attached hydrogens (tertiary/aromatic N) is 1. The first-order chi connectivity index (χ1) is 11.2. The molecule has 0 aromatic heterocycles. The monoisotopic (exact) mass is 320 g/mol. The molecule has 0 radical (unpaired) electrons. The van der Waals surface area contributed by atoms with Gasteiger partial charge in [-0.3, -0.25) is 9.69 Å². The van der Waals surface area contributed by atoms with Gasteiger partial charge in [0.15, 0.2) is 0 Å². The van der Waals surface area contributed by atoms with Crippen molar-refractivity contribution in [1.29, 1.82) is 0 Å². The van der Waals surface area contributed by atoms with Crippen LogP contribution in [0.5, 0.6) is 0 Å². The highest BCUT2D eigenvalue weighted by atomic mass is 16.5. The van der Waals surface area contributed by atoms with Gasteiger partial charge in [0.05, 0.1) is 12.6 Å². The fourth-order valence-corrected chi connectivity index (χ4v) is 6.12. The van der Waals surface area contributed by atoms with Crippen molar-refractivity contribution >= 4 is 5.91 Å². The lowest BCUT2D eigenvalue weighted by molar-refractivity contribution is -0.127. The summed E-state index contributed by atoms with van der Waals surface area (Å²) in [6, 6.07) is 0.475. The van der Waals surface area contributed by atoms with Crippen LogP contribution in [0, 0.1) is 23.7 Å². The molecule has 1 aliphatic heterocycles. The lowest BCUT2D eigenvalue weighted by atomic mass is 9.54. The first kappa shape index (κ1) is 15.9. The standard InChI is InChI=1S/C19H32N2O2/c1-2-23-17-4-3-5-21(11-17)12-18(22)20-19-15-7-13-6-14(9-15)10-16(19)8-13/h13-17,19H,2-12H2,1H3,(H,20,22). The molecule has 1 unspecified atom stereocenters. The Kier molecular flexibility index (Phi) is 4.64. The van der Waals surface area contributed by atoms with Crippen molar-refractivity contribution in [3.05, 3.63) is 0 Å². The Balaban J connectivity index is 1.28. The number of carbonyl (C=O) groups excluding carboxylic acids is 1. The Morgan fingerprint density at radius 2 is 1.83 bits per heavy atom. The van der Waals surface area contributed by atoms with Crippen LogP contribution in [-0.4, -0.2) is 49.2 Å². The van der Waals surface area contributed by atoms with E-state index in [1.807, 2.05) is 0 Å². The van der Waals surface area contributed by atoms with Gasteiger partial charge in [-0.2, -0.15) is 0 Å². The van der Waals surface area contributed by atoms with Crippen molar-refractivity contribution in [2.75, 3.05) is 26.2 Å². The van der Waals surface area contributed by atoms with Gasteiger partial charge in [0.1, 0.15) is 0 Å². The summed E-state index contributed by atoms with van der Waals surface area (Å²) < 4.78 is 5.75. The fourth-order valence-electron chi connectivity index (χ4n) is 6.12. The Hall–Kier alpha value is -0.610. The van der Waals surface area contributed by atoms with Crippen molar-refractivity contribution in [3.63, 3.8) is 0 Å². The average molecular weight is 320 g/mol. The number of nitrogens with one attached hydrogen (secondary N) is 1. The Morgan fingerprint density at radius 3 is 2.48 bits per heavy atom. The van der Waals surface area contributed by atoms with Crippen LogP contribution in [-0.2, 0) is 9.53 Å². The third kappa shape index (κ3) is 3.43. The quantitative estimate of drug-likeness (QED) is 0.846. The van der Waals surface area contributed by atoms with E-state index in [9.17, 15) is 4.79 Å². The maximum Gasteiger partial charge on any atom is 0.234 e. The second-order valence-corrected chi connectivity index (χ2v) is 8.48. The van der Waals surface area contributed by atoms with Crippen LogP contribution in [0.4, 0.5) is 0 Å². The van der Waals surface area contributed by atoms with Crippen LogP contribution in [0.3, 0.4) is 0 Å². The van der Waals surface area contributed by atoms with Gasteiger partial charge in [0.25, 0.3) is 0 Å². The molecule has 4 bridgehead atoms. The number of hydrogen-bond donors (Lipinski definition) is 1. The van der Waals surface area contributed by atoms with E-state index >= 15 is 0 Å². The van der Waals surface area contributed by atoms with E-state index < -0.39 is 0 Å². The summed E-state index contributed by atoms with van der Waals surface area (Å²) in [6.45, 7) is 5.35. The zero-order chi connectivity index (χ0) is 15.8. The smallest absolute Gasteiger partial charge is 0.234 e. The molecule has 1 heterocycles. The van der Waals surface area contributed by atoms with E-state index in [-0.39, 0.29) is 5.91 Å². The molecule has 1 saturated heterocycles. The number of piperidine rings is 1. The molecule has 0 aromatic carbocycles. The van der Waals surface area contributed by atoms with Crippen molar-refractivity contribution in [2.45, 2.75) is 64.0 Å². The average Bonchev–Trinajstić information content (AvgIpc) is 2.51. The topological polar surface area (TPSA) is 41.6 Å². The van der Waals surface area contributed by atoms with Crippen LogP contribution in [0.25, 0.3) is 0 Å². The SMILES string of the molecule is CCOC1CCCN(CC(=O)NC2C3CC4CC(C3)CC2C4)C1. The second-order valence-electron chi connectivity index (χ2n) is 8.48. The number of carbonyl (C=O) groups is 1. The highest BCUT2D eigenvalue weighted by molar-refractivity contribution is 5.78. The molecule has 4 aliphatic carbocycles. The molecule has 4 nitrogen and oxygen atoms in total. The first-order valence-electron chi connectivity index (χ1n) is 9.84. The molecule has 23 heavy (non-hydrogen) atoms. The Morgan fingerprint density at radius 1 is 1.13 bits per heavy atom. The van der Waals surface area contributed by atoms with Gasteiger partial charge in [-0.05, 0) is 82.1 Å². The molecular formula is C19H32N2O2. The summed E-state index contributed by atoms with van der Waals surface area (Å²) in [5.41, 5.74) is 0. The van der Waals surface area contributed by atoms with E-state index in [4.69, 9.17) is 4.74 Å². The maximum absolute atomic E-state index is 12.6. The van der Waals surface area contributed by atoms with Crippen LogP contribution in [0.15, 0.2) is 0 Å². The molecule has 0 spiro atoms. The van der Waals surface area contributed by atoms with Gasteiger partial charge < -0.3 is 10.1 Å². The van der Waals surface area contributed by atoms with Crippen molar-refractivity contribution in [3.8, 4) is 0 Å². The van der Waals surface area contributed by atoms with Gasteiger partial charge in [-0.15, -0.1) is 0 Å². The predicted molar refractivity (Wildman–Crippen MR) is 90.1 cm³/mol. The van der Waals surface area contributed by atoms with Crippen LogP contribution >= 0.6 is 0 Å². The van der Waals surface area contributed by atoms with E-state index in [0.29, 0.717) is 18.7 Å². The number of ether oxygens (including phenoxy) is 1. The minimum absolute atomic E-state index is 0.250. The Labute approximate surface area is 140 Å². The largest absolute Gasteiger partial charge is 0.377 e. The highest BCUT2D eigenvalue weighted by Crippen LogP contribution is 2.53. The maximum atomic E-state index is 12.6. The molecule has 0 aromatic rings. The highest BCUT2D eigenvalue weighted by Gasteiger charge is 2.48. The summed E-state index contributed by atoms with van der Waals surface area (Å²) >= 11 is 0. The predicted octanol–water partition coefficient (Wildman–Crippen LogP) is 2.43. The Bertz CT molecular complexity index is 409. The molecule has 5 fully saturated rings. The number of rotatable bonds is 5. The number of hydrogen-bond acceptors (Lipinski definition) is 3. The van der Waals surface area contributed by atoms with Crippen LogP contribution < -0.4 is 5.32 Å². The van der Waals surface area contributed by atoms with Gasteiger partial charge in [-0.1, -0.05) is 0 Å². The zero-order valence-electron chi connectivity index (χ0n) is 14.5. The van der Waals surface area contributed by atoms with Crippen molar-refractivity contribution in [2.24, 2.45) is 23.7 Å². The van der Waals surface area contributed by atoms with E-state index in [1.165, 1.54) is 32.1 Å². The van der Waals surface area contributed by atoms with E-state index in [0.717, 1.165) is 56.2 Å². The molecule has 1 atom stereocenters. The first-order valence-corrected chi connectivity index (χ1v) is 9.84. The van der Waals surface area contributed by atoms with Gasteiger partial charge in [-0.25, -0.2) is 0 Å². The van der Waals surface area contributed by atoms with Crippen molar-refractivity contribution in [1.82, 2.24) is 10.2 Å². The zero-order valence-corrected chi connectivity index (χ0v) is 14.5.